The summed E-state index contributed by atoms with van der Waals surface area (Å²) in [5, 5.41) is 10.4. The fourth-order valence-electron chi connectivity index (χ4n) is 0.933. The zero-order valence-corrected chi connectivity index (χ0v) is 9.75. The zero-order valence-electron chi connectivity index (χ0n) is 7.35. The monoisotopic (exact) mass is 284 g/mol. The summed E-state index contributed by atoms with van der Waals surface area (Å²) < 4.78 is 0.757. The lowest BCUT2D eigenvalue weighted by Gasteiger charge is -2.00. The van der Waals surface area contributed by atoms with Crippen molar-refractivity contribution in [3.63, 3.8) is 0 Å². The van der Waals surface area contributed by atoms with Crippen molar-refractivity contribution < 1.29 is 4.79 Å². The largest absolute Gasteiger partial charge is 0.296 e. The van der Waals surface area contributed by atoms with Crippen molar-refractivity contribution in [2.24, 2.45) is 0 Å². The summed E-state index contributed by atoms with van der Waals surface area (Å²) >= 11 is 4.50. The van der Waals surface area contributed by atoms with E-state index in [0.717, 1.165) is 4.47 Å². The lowest BCUT2D eigenvalue weighted by Crippen LogP contribution is -2.11. The Morgan fingerprint density at radius 2 is 2.33 bits per heavy atom. The van der Waals surface area contributed by atoms with Crippen LogP contribution in [0.2, 0.25) is 0 Å². The van der Waals surface area contributed by atoms with E-state index in [2.05, 4.69) is 36.4 Å². The first-order chi connectivity index (χ1) is 7.25. The predicted octanol–water partition coefficient (Wildman–Crippen LogP) is 1.95. The second-order valence-corrected chi connectivity index (χ2v) is 4.34. The Kier molecular flexibility index (Phi) is 3.02. The summed E-state index contributed by atoms with van der Waals surface area (Å²) in [6.45, 7) is 0. The molecule has 2 aromatic heterocycles. The molecule has 2 rings (SSSR count). The average Bonchev–Trinajstić information content (AvgIpc) is 2.70. The quantitative estimate of drug-likeness (QED) is 0.915. The highest BCUT2D eigenvalue weighted by atomic mass is 79.9. The minimum Gasteiger partial charge on any atom is -0.296 e. The molecular formula is C8H5BrN4OS. The van der Waals surface area contributed by atoms with Crippen molar-refractivity contribution in [1.29, 1.82) is 0 Å². The highest BCUT2D eigenvalue weighted by Crippen LogP contribution is 2.13. The van der Waals surface area contributed by atoms with Crippen molar-refractivity contribution in [2.75, 3.05) is 5.32 Å². The average molecular weight is 285 g/mol. The van der Waals surface area contributed by atoms with Gasteiger partial charge in [0.2, 0.25) is 5.13 Å². The SMILES string of the molecule is O=C(Nc1nncs1)c1cncc(Br)c1. The first-order valence-corrected chi connectivity index (χ1v) is 5.61. The van der Waals surface area contributed by atoms with Gasteiger partial charge in [0.25, 0.3) is 5.91 Å². The fourth-order valence-corrected chi connectivity index (χ4v) is 1.74. The van der Waals surface area contributed by atoms with Gasteiger partial charge in [-0.2, -0.15) is 0 Å². The predicted molar refractivity (Wildman–Crippen MR) is 59.8 cm³/mol. The van der Waals surface area contributed by atoms with Gasteiger partial charge < -0.3 is 0 Å². The Morgan fingerprint density at radius 1 is 1.47 bits per heavy atom. The lowest BCUT2D eigenvalue weighted by atomic mass is 10.3. The number of carbonyl (C=O) groups is 1. The van der Waals surface area contributed by atoms with E-state index in [9.17, 15) is 4.79 Å². The molecule has 5 nitrogen and oxygen atoms in total. The van der Waals surface area contributed by atoms with Crippen LogP contribution in [0, 0.1) is 0 Å². The molecule has 0 aliphatic rings. The van der Waals surface area contributed by atoms with Gasteiger partial charge in [-0.05, 0) is 22.0 Å². The van der Waals surface area contributed by atoms with Gasteiger partial charge in [-0.3, -0.25) is 15.1 Å². The Labute approximate surface area is 97.7 Å². The van der Waals surface area contributed by atoms with E-state index in [0.29, 0.717) is 10.7 Å². The number of hydrogen-bond donors (Lipinski definition) is 1. The lowest BCUT2D eigenvalue weighted by molar-refractivity contribution is 0.102. The van der Waals surface area contributed by atoms with Crippen LogP contribution >= 0.6 is 27.3 Å². The maximum Gasteiger partial charge on any atom is 0.259 e. The van der Waals surface area contributed by atoms with Crippen molar-refractivity contribution >= 4 is 38.3 Å². The van der Waals surface area contributed by atoms with Crippen molar-refractivity contribution in [2.45, 2.75) is 0 Å². The molecule has 2 aromatic rings. The molecule has 2 heterocycles. The van der Waals surface area contributed by atoms with Crippen LogP contribution in [0.25, 0.3) is 0 Å². The minimum atomic E-state index is -0.249. The van der Waals surface area contributed by atoms with Gasteiger partial charge in [0.1, 0.15) is 5.51 Å². The molecule has 0 aliphatic carbocycles. The topological polar surface area (TPSA) is 67.8 Å². The summed E-state index contributed by atoms with van der Waals surface area (Å²) in [4.78, 5) is 15.5. The molecule has 0 fully saturated rings. The van der Waals surface area contributed by atoms with Crippen molar-refractivity contribution in [3.05, 3.63) is 34.0 Å². The summed E-state index contributed by atoms with van der Waals surface area (Å²) in [5.41, 5.74) is 2.02. The summed E-state index contributed by atoms with van der Waals surface area (Å²) in [6.07, 6.45) is 3.10. The molecule has 0 radical (unpaired) electrons. The van der Waals surface area contributed by atoms with E-state index >= 15 is 0 Å². The van der Waals surface area contributed by atoms with E-state index in [1.165, 1.54) is 17.5 Å². The van der Waals surface area contributed by atoms with Crippen LogP contribution in [0.5, 0.6) is 0 Å². The number of pyridine rings is 1. The summed E-state index contributed by atoms with van der Waals surface area (Å²) in [6, 6.07) is 1.68. The third kappa shape index (κ3) is 2.57. The van der Waals surface area contributed by atoms with Gasteiger partial charge in [-0.1, -0.05) is 11.3 Å². The number of aromatic nitrogens is 3. The van der Waals surface area contributed by atoms with Gasteiger partial charge in [-0.15, -0.1) is 10.2 Å². The highest BCUT2D eigenvalue weighted by Gasteiger charge is 2.08. The van der Waals surface area contributed by atoms with E-state index in [4.69, 9.17) is 0 Å². The van der Waals surface area contributed by atoms with Crippen LogP contribution in [0.1, 0.15) is 10.4 Å². The molecule has 1 amide bonds. The molecule has 0 aromatic carbocycles. The van der Waals surface area contributed by atoms with Crippen molar-refractivity contribution in [1.82, 2.24) is 15.2 Å². The number of rotatable bonds is 2. The van der Waals surface area contributed by atoms with E-state index in [1.807, 2.05) is 0 Å². The molecule has 7 heteroatoms. The van der Waals surface area contributed by atoms with Crippen LogP contribution in [-0.4, -0.2) is 21.1 Å². The van der Waals surface area contributed by atoms with Crippen LogP contribution in [0.15, 0.2) is 28.4 Å². The molecule has 0 saturated carbocycles. The molecule has 0 aliphatic heterocycles. The van der Waals surface area contributed by atoms with E-state index < -0.39 is 0 Å². The first-order valence-electron chi connectivity index (χ1n) is 3.94. The van der Waals surface area contributed by atoms with Crippen LogP contribution in [-0.2, 0) is 0 Å². The first kappa shape index (κ1) is 10.2. The number of anilines is 1. The zero-order chi connectivity index (χ0) is 10.7. The molecule has 76 valence electrons. The normalized spacial score (nSPS) is 9.93. The Bertz CT molecular complexity index is 473. The van der Waals surface area contributed by atoms with Gasteiger partial charge in [0.05, 0.1) is 5.56 Å². The summed E-state index contributed by atoms with van der Waals surface area (Å²) in [5.74, 6) is -0.249. The molecule has 0 saturated heterocycles. The number of hydrogen-bond acceptors (Lipinski definition) is 5. The molecule has 0 bridgehead atoms. The molecule has 0 unspecified atom stereocenters. The standard InChI is InChI=1S/C8H5BrN4OS/c9-6-1-5(2-10-3-6)7(14)12-8-13-11-4-15-8/h1-4H,(H,12,13,14). The number of nitrogens with one attached hydrogen (secondary N) is 1. The van der Waals surface area contributed by atoms with Gasteiger partial charge >= 0.3 is 0 Å². The smallest absolute Gasteiger partial charge is 0.259 e. The minimum absolute atomic E-state index is 0.249. The third-order valence-corrected chi connectivity index (χ3v) is 2.59. The number of amides is 1. The number of nitrogens with zero attached hydrogens (tertiary/aromatic N) is 3. The van der Waals surface area contributed by atoms with Crippen LogP contribution in [0.3, 0.4) is 0 Å². The Balaban J connectivity index is 2.15. The molecule has 0 atom stereocenters. The van der Waals surface area contributed by atoms with Crippen molar-refractivity contribution in [3.8, 4) is 0 Å². The van der Waals surface area contributed by atoms with E-state index in [1.54, 1.807) is 17.8 Å². The Morgan fingerprint density at radius 3 is 3.00 bits per heavy atom. The third-order valence-electron chi connectivity index (χ3n) is 1.55. The highest BCUT2D eigenvalue weighted by molar-refractivity contribution is 9.10. The molecule has 0 spiro atoms. The maximum absolute atomic E-state index is 11.6. The maximum atomic E-state index is 11.6. The van der Waals surface area contributed by atoms with E-state index in [-0.39, 0.29) is 5.91 Å². The van der Waals surface area contributed by atoms with Gasteiger partial charge in [-0.25, -0.2) is 0 Å². The second-order valence-electron chi connectivity index (χ2n) is 2.59. The summed E-state index contributed by atoms with van der Waals surface area (Å²) in [7, 11) is 0. The van der Waals surface area contributed by atoms with Gasteiger partial charge in [0.15, 0.2) is 0 Å². The Hall–Kier alpha value is -1.34. The fraction of sp³-hybridized carbons (Fsp3) is 0. The van der Waals surface area contributed by atoms with Crippen LogP contribution < -0.4 is 5.32 Å². The number of carbonyl (C=O) groups excluding carboxylic acids is 1. The molecule has 1 N–H and O–H groups in total. The molecular weight excluding hydrogens is 280 g/mol. The molecule has 15 heavy (non-hydrogen) atoms. The van der Waals surface area contributed by atoms with Crippen LogP contribution in [0.4, 0.5) is 5.13 Å². The number of halogens is 1. The van der Waals surface area contributed by atoms with Gasteiger partial charge in [0, 0.05) is 16.9 Å². The second kappa shape index (κ2) is 4.45.